The summed E-state index contributed by atoms with van der Waals surface area (Å²) in [5, 5.41) is 32.6. The van der Waals surface area contributed by atoms with Crippen LogP contribution in [0.4, 0.5) is 11.8 Å². The molecule has 41 heteroatoms. The van der Waals surface area contributed by atoms with E-state index in [9.17, 15) is 67.5 Å². The van der Waals surface area contributed by atoms with Crippen molar-refractivity contribution in [2.45, 2.75) is 73.9 Å². The molecule has 5 aromatic rings. The number of imidazole rings is 2. The summed E-state index contributed by atoms with van der Waals surface area (Å²) in [6.45, 7) is -3.27. The molecule has 8 rings (SSSR count). The number of aliphatic hydroxyl groups excluding tert-OH is 3. The van der Waals surface area contributed by atoms with Crippen LogP contribution < -0.4 is 37.7 Å². The molecule has 8 heterocycles. The van der Waals surface area contributed by atoms with Gasteiger partial charge in [0.05, 0.1) is 39.3 Å². The molecule has 0 saturated carbocycles. The molecule has 75 heavy (non-hydrogen) atoms. The van der Waals surface area contributed by atoms with Gasteiger partial charge in [0.2, 0.25) is 11.7 Å². The standard InChI is InChI=1S/C34H48N12O25P4/c1-43-13-46(28-20(43)29(51)42-33(36)41-28)30-21(48)14(5-7-61-2)15(66-30)8-64-73(55,56)70-75(59,60)71-74(57,58)65-10-17-24(25(62-3)32(68-17)45-12-39-19-26(35)37-11-38-27(19)45)69-72(53,54)63-9-16-22(49)23(50)31(67-16)44-6-4-18(47)40-34(44)52/h4,6,11-17,21-25,30-32,48-50H,5,7-10H2,1-3H3,(H9-,35,36,37,38,40,41,42,47,51,52,53,54,55,56,57,58,59,60)/t14-,15-,16-,17-,21-,22-,23-,24-,25-,30?,31-,32-/m1/s1. The number of aromatic amines is 2. The molecule has 3 aliphatic rings. The number of nitrogen functional groups attached to an aromatic ring is 2. The minimum Gasteiger partial charge on any atom is -0.756 e. The van der Waals surface area contributed by atoms with E-state index in [4.69, 9.17) is 53.2 Å². The van der Waals surface area contributed by atoms with E-state index in [1.54, 1.807) is 0 Å². The van der Waals surface area contributed by atoms with Crippen molar-refractivity contribution < 1.29 is 108 Å². The Bertz CT molecular complexity index is 3280. The molecule has 0 bridgehead atoms. The second-order valence-electron chi connectivity index (χ2n) is 16.6. The lowest BCUT2D eigenvalue weighted by Crippen LogP contribution is -2.45. The van der Waals surface area contributed by atoms with E-state index in [0.717, 1.165) is 36.6 Å². The summed E-state index contributed by atoms with van der Waals surface area (Å²) in [6, 6.07) is 0.916. The summed E-state index contributed by atoms with van der Waals surface area (Å²) in [4.78, 5) is 102. The number of aryl methyl sites for hydroxylation is 1. The molecule has 12 N–H and O–H groups in total. The van der Waals surface area contributed by atoms with E-state index < -0.39 is 141 Å². The highest BCUT2D eigenvalue weighted by Gasteiger charge is 2.53. The van der Waals surface area contributed by atoms with E-state index in [2.05, 4.69) is 33.5 Å². The van der Waals surface area contributed by atoms with Gasteiger partial charge in [0.1, 0.15) is 54.6 Å². The lowest BCUT2D eigenvalue weighted by atomic mass is 9.95. The van der Waals surface area contributed by atoms with Crippen molar-refractivity contribution in [2.75, 3.05) is 52.1 Å². The monoisotopic (exact) mass is 1150 g/mol. The Kier molecular flexibility index (Phi) is 16.6. The van der Waals surface area contributed by atoms with Crippen molar-refractivity contribution in [3.63, 3.8) is 0 Å². The highest BCUT2D eigenvalue weighted by molar-refractivity contribution is 7.66. The third-order valence-corrected chi connectivity index (χ3v) is 17.0. The molecule has 5 unspecified atom stereocenters. The number of hydrogen-bond donors (Lipinski definition) is 10. The highest BCUT2D eigenvalue weighted by atomic mass is 31.3. The zero-order chi connectivity index (χ0) is 54.5. The number of phosphoric acid groups is 4. The Morgan fingerprint density at radius 1 is 0.813 bits per heavy atom. The number of aliphatic hydroxyl groups is 3. The van der Waals surface area contributed by atoms with E-state index in [-0.39, 0.29) is 47.1 Å². The van der Waals surface area contributed by atoms with Gasteiger partial charge in [-0.15, -0.1) is 0 Å². The lowest BCUT2D eigenvalue weighted by Gasteiger charge is -2.31. The molecule has 3 aliphatic heterocycles. The topological polar surface area (TPSA) is 519 Å². The number of anilines is 2. The summed E-state index contributed by atoms with van der Waals surface area (Å²) >= 11 is 0. The number of hydrogen-bond acceptors (Lipinski definition) is 28. The van der Waals surface area contributed by atoms with Gasteiger partial charge in [-0.1, -0.05) is 4.98 Å². The van der Waals surface area contributed by atoms with Gasteiger partial charge in [-0.25, -0.2) is 38.0 Å². The van der Waals surface area contributed by atoms with Gasteiger partial charge in [-0.3, -0.25) is 46.9 Å². The van der Waals surface area contributed by atoms with Gasteiger partial charge in [-0.05, 0) is 6.42 Å². The Balaban J connectivity index is 0.942. The fourth-order valence-corrected chi connectivity index (χ4v) is 12.9. The van der Waals surface area contributed by atoms with Crippen LogP contribution >= 0.6 is 31.3 Å². The molecule has 3 fully saturated rings. The average molecular weight is 1150 g/mol. The first-order chi connectivity index (χ1) is 35.2. The quantitative estimate of drug-likeness (QED) is 0.0232. The summed E-state index contributed by atoms with van der Waals surface area (Å²) in [6.07, 6.45) is -13.4. The van der Waals surface area contributed by atoms with Gasteiger partial charge in [0.15, 0.2) is 30.2 Å². The van der Waals surface area contributed by atoms with Crippen molar-refractivity contribution in [1.29, 1.82) is 0 Å². The van der Waals surface area contributed by atoms with Crippen LogP contribution in [-0.4, -0.2) is 163 Å². The lowest BCUT2D eigenvalue weighted by molar-refractivity contribution is -0.745. The first-order valence-electron chi connectivity index (χ1n) is 21.6. The van der Waals surface area contributed by atoms with Crippen LogP contribution in [0.25, 0.3) is 22.3 Å². The first-order valence-corrected chi connectivity index (χ1v) is 27.5. The maximum atomic E-state index is 13.5. The zero-order valence-electron chi connectivity index (χ0n) is 38.8. The number of H-pyrrole nitrogens is 2. The van der Waals surface area contributed by atoms with Crippen molar-refractivity contribution >= 4 is 65.4 Å². The molecule has 0 spiro atoms. The second kappa shape index (κ2) is 22.0. The van der Waals surface area contributed by atoms with Gasteiger partial charge in [0, 0.05) is 39.0 Å². The molecule has 0 amide bonds. The number of rotatable bonds is 22. The predicted octanol–water partition coefficient (Wildman–Crippen LogP) is -4.22. The highest BCUT2D eigenvalue weighted by Crippen LogP contribution is 2.68. The maximum Gasteiger partial charge on any atom is 0.490 e. The molecule has 0 radical (unpaired) electrons. The molecule has 0 aromatic carbocycles. The maximum absolute atomic E-state index is 13.5. The number of nitrogens with one attached hydrogen (secondary N) is 2. The van der Waals surface area contributed by atoms with Crippen LogP contribution in [0, 0.1) is 5.92 Å². The van der Waals surface area contributed by atoms with Crippen LogP contribution in [0.1, 0.15) is 25.1 Å². The molecule has 414 valence electrons. The normalized spacial score (nSPS) is 30.4. The van der Waals surface area contributed by atoms with Crippen LogP contribution in [0.3, 0.4) is 0 Å². The number of ether oxygens (including phenoxy) is 5. The van der Waals surface area contributed by atoms with Crippen molar-refractivity contribution in [3.05, 3.63) is 62.4 Å². The van der Waals surface area contributed by atoms with Crippen LogP contribution in [0.5, 0.6) is 0 Å². The Morgan fingerprint density at radius 3 is 2.15 bits per heavy atom. The SMILES string of the molecule is COCC[C@@H]1[C@@H](COP(=O)(O)OP(=O)(O)OP(=O)(O)OC[C@H]2O[C@@H](n3cnc4c(N)ncnc43)[C@H](OC)[C@@H]2OP(=O)([O-])OC[C@H]2O[C@@H](n3ccc(=O)[nH]c3=O)[C@H](O)[C@@H]2O)OC([n+]2cn(C)c3c(=O)[nH]c(N)nc32)[C@@H]1O. The summed E-state index contributed by atoms with van der Waals surface area (Å²) in [5.41, 5.74) is 9.27. The second-order valence-corrected chi connectivity index (χ2v) is 22.6. The summed E-state index contributed by atoms with van der Waals surface area (Å²) < 4.78 is 114. The van der Waals surface area contributed by atoms with E-state index >= 15 is 0 Å². The molecule has 16 atom stereocenters. The van der Waals surface area contributed by atoms with Crippen molar-refractivity contribution in [3.8, 4) is 0 Å². The van der Waals surface area contributed by atoms with E-state index in [1.807, 2.05) is 4.98 Å². The number of phosphoric ester groups is 3. The number of fused-ring (bicyclic) bond motifs is 2. The number of aromatic nitrogens is 10. The van der Waals surface area contributed by atoms with Crippen LogP contribution in [0.2, 0.25) is 0 Å². The Morgan fingerprint density at radius 2 is 1.48 bits per heavy atom. The smallest absolute Gasteiger partial charge is 0.490 e. The molecule has 37 nitrogen and oxygen atoms in total. The Hall–Kier alpha value is -4.62. The largest absolute Gasteiger partial charge is 0.756 e. The number of nitrogens with two attached hydrogens (primary N) is 2. The van der Waals surface area contributed by atoms with Crippen molar-refractivity contribution in [2.24, 2.45) is 13.0 Å². The van der Waals surface area contributed by atoms with Gasteiger partial charge < -0.3 is 79.1 Å². The van der Waals surface area contributed by atoms with Crippen molar-refractivity contribution in [1.82, 2.24) is 43.6 Å². The molecule has 0 aliphatic carbocycles. The van der Waals surface area contributed by atoms with Gasteiger partial charge in [0.25, 0.3) is 24.9 Å². The first kappa shape index (κ1) is 56.6. The third-order valence-electron chi connectivity index (χ3n) is 11.8. The number of nitrogens with zero attached hydrogens (tertiary/aromatic N) is 8. The van der Waals surface area contributed by atoms with Crippen LogP contribution in [0.15, 0.2) is 45.6 Å². The van der Waals surface area contributed by atoms with Crippen LogP contribution in [-0.2, 0) is 75.7 Å². The minimum absolute atomic E-state index is 0.00547. The minimum atomic E-state index is -6.19. The van der Waals surface area contributed by atoms with E-state index in [0.29, 0.717) is 0 Å². The fraction of sp³-hybridized carbons (Fsp3) is 0.588. The average Bonchev–Trinajstić information content (AvgIpc) is 4.12. The van der Waals surface area contributed by atoms with E-state index in [1.165, 1.54) is 34.2 Å². The number of methoxy groups -OCH3 is 2. The molecule has 3 saturated heterocycles. The predicted molar refractivity (Wildman–Crippen MR) is 240 cm³/mol. The molecular formula is C34H48N12O25P4. The zero-order valence-corrected chi connectivity index (χ0v) is 42.4. The summed E-state index contributed by atoms with van der Waals surface area (Å²) in [7, 11) is -19.7. The summed E-state index contributed by atoms with van der Waals surface area (Å²) in [5.74, 6) is -1.30. The molecular weight excluding hydrogens is 1100 g/mol. The fourth-order valence-electron chi connectivity index (χ4n) is 8.48. The van der Waals surface area contributed by atoms with Gasteiger partial charge in [-0.2, -0.15) is 8.62 Å². The van der Waals surface area contributed by atoms with Gasteiger partial charge >= 0.3 is 34.8 Å². The molecule has 5 aromatic heterocycles. The third kappa shape index (κ3) is 12.2. The Labute approximate surface area is 417 Å².